The van der Waals surface area contributed by atoms with Crippen LogP contribution in [0.2, 0.25) is 0 Å². The lowest BCUT2D eigenvalue weighted by molar-refractivity contribution is -0.262. The molecule has 1 N–H and O–H groups in total. The molecule has 0 aromatic carbocycles. The number of esters is 1. The number of rotatable bonds is 10. The second kappa shape index (κ2) is 18.3. The van der Waals surface area contributed by atoms with Crippen molar-refractivity contribution in [3.63, 3.8) is 0 Å². The lowest BCUT2D eigenvalue weighted by Gasteiger charge is -2.47. The summed E-state index contributed by atoms with van der Waals surface area (Å²) in [6, 6.07) is 1.09. The number of hydrogen-bond acceptors (Lipinski definition) is 13. The maximum atomic E-state index is 14.8. The molecule has 14 heteroatoms. The van der Waals surface area contributed by atoms with E-state index < -0.39 is 71.5 Å². The Morgan fingerprint density at radius 3 is 2.37 bits per heavy atom. The fourth-order valence-electron chi connectivity index (χ4n) is 10.8. The van der Waals surface area contributed by atoms with Gasteiger partial charge in [-0.05, 0) is 105 Å². The van der Waals surface area contributed by atoms with Crippen molar-refractivity contribution in [1.29, 1.82) is 0 Å². The first-order chi connectivity index (χ1) is 28.3. The molecule has 60 heavy (non-hydrogen) atoms. The van der Waals surface area contributed by atoms with E-state index in [2.05, 4.69) is 14.9 Å². The summed E-state index contributed by atoms with van der Waals surface area (Å²) in [5, 5.41) is 11.4. The molecule has 6 rings (SSSR count). The molecular formula is C46H68N4O10. The number of aromatic nitrogens is 2. The molecule has 0 bridgehead atoms. The molecule has 4 aliphatic rings. The quantitative estimate of drug-likeness (QED) is 0.199. The number of carbonyl (C=O) groups is 4. The molecule has 12 atom stereocenters. The van der Waals surface area contributed by atoms with Crippen molar-refractivity contribution < 1.29 is 48.0 Å². The van der Waals surface area contributed by atoms with Crippen LogP contribution < -0.4 is 0 Å². The van der Waals surface area contributed by atoms with E-state index in [9.17, 15) is 24.3 Å². The second-order valence-corrected chi connectivity index (χ2v) is 18.9. The Morgan fingerprint density at radius 1 is 0.983 bits per heavy atom. The van der Waals surface area contributed by atoms with E-state index in [-0.39, 0.29) is 41.9 Å². The smallest absolute Gasteiger partial charge is 0.411 e. The zero-order valence-electron chi connectivity index (χ0n) is 37.5. The van der Waals surface area contributed by atoms with Crippen molar-refractivity contribution >= 4 is 34.5 Å². The predicted molar refractivity (Wildman–Crippen MR) is 224 cm³/mol. The Kier molecular flexibility index (Phi) is 14.0. The van der Waals surface area contributed by atoms with Crippen molar-refractivity contribution in [1.82, 2.24) is 19.8 Å². The van der Waals surface area contributed by atoms with Crippen LogP contribution in [0.1, 0.15) is 112 Å². The normalized spacial score (nSPS) is 38.3. The van der Waals surface area contributed by atoms with Crippen LogP contribution in [0.3, 0.4) is 0 Å². The van der Waals surface area contributed by atoms with E-state index in [0.29, 0.717) is 25.2 Å². The van der Waals surface area contributed by atoms with E-state index >= 15 is 0 Å². The summed E-state index contributed by atoms with van der Waals surface area (Å²) in [7, 11) is 5.60. The lowest BCUT2D eigenvalue weighted by Crippen LogP contribution is -2.61. The van der Waals surface area contributed by atoms with Crippen LogP contribution >= 0.6 is 0 Å². The van der Waals surface area contributed by atoms with Gasteiger partial charge in [-0.25, -0.2) is 4.79 Å². The highest BCUT2D eigenvalue weighted by Crippen LogP contribution is 2.48. The van der Waals surface area contributed by atoms with Gasteiger partial charge < -0.3 is 33.7 Å². The molecule has 0 unspecified atom stereocenters. The van der Waals surface area contributed by atoms with Gasteiger partial charge in [0, 0.05) is 66.7 Å². The Labute approximate surface area is 355 Å². The second-order valence-electron chi connectivity index (χ2n) is 18.9. The summed E-state index contributed by atoms with van der Waals surface area (Å²) >= 11 is 0. The zero-order chi connectivity index (χ0) is 43.8. The van der Waals surface area contributed by atoms with Gasteiger partial charge in [0.25, 0.3) is 0 Å². The Hall–Kier alpha value is -3.72. The minimum atomic E-state index is -1.37. The van der Waals surface area contributed by atoms with Gasteiger partial charge in [-0.3, -0.25) is 29.3 Å². The Morgan fingerprint density at radius 2 is 1.70 bits per heavy atom. The van der Waals surface area contributed by atoms with Crippen molar-refractivity contribution in [2.24, 2.45) is 29.6 Å². The third-order valence-electron chi connectivity index (χ3n) is 14.4. The average Bonchev–Trinajstić information content (AvgIpc) is 3.47. The highest BCUT2D eigenvalue weighted by Gasteiger charge is 2.62. The van der Waals surface area contributed by atoms with Crippen molar-refractivity contribution in [2.45, 2.75) is 167 Å². The molecule has 4 fully saturated rings. The van der Waals surface area contributed by atoms with Gasteiger partial charge in [0.15, 0.2) is 17.7 Å². The molecule has 2 aromatic rings. The SMILES string of the molecule is CC[C@H]1OC(=O)[C@H](C)C(=O)[C@H](C)[C@@H](O[C@H]2C[C@@H](N(C)C)C[C@@H](C)O2)[C@](C)(OC)C[C@@H](C)C(=O)[C@H](C)[C@H]2N(C3CC(CCCc4c(O)cnc5ccncc45)C3)C(=O)O[C@]12C. The third kappa shape index (κ3) is 8.94. The predicted octanol–water partition coefficient (Wildman–Crippen LogP) is 6.67. The largest absolute Gasteiger partial charge is 0.506 e. The van der Waals surface area contributed by atoms with Crippen LogP contribution in [0.25, 0.3) is 10.9 Å². The third-order valence-corrected chi connectivity index (χ3v) is 14.4. The summed E-state index contributed by atoms with van der Waals surface area (Å²) in [4.78, 5) is 69.8. The Bertz CT molecular complexity index is 1890. The topological polar surface area (TPSA) is 167 Å². The number of Topliss-reactive ketones (excluding diaryl/α,β-unsaturated/α-hetero) is 2. The van der Waals surface area contributed by atoms with Gasteiger partial charge in [-0.15, -0.1) is 0 Å². The van der Waals surface area contributed by atoms with Crippen LogP contribution in [0.15, 0.2) is 24.7 Å². The van der Waals surface area contributed by atoms with Crippen LogP contribution in [-0.2, 0) is 44.5 Å². The minimum absolute atomic E-state index is 0.0877. The number of ketones is 2. The van der Waals surface area contributed by atoms with Gasteiger partial charge in [-0.2, -0.15) is 0 Å². The average molecular weight is 837 g/mol. The number of aryl methyl sites for hydroxylation is 1. The summed E-state index contributed by atoms with van der Waals surface area (Å²) in [6.45, 7) is 14.5. The van der Waals surface area contributed by atoms with Crippen LogP contribution in [-0.4, -0.2) is 124 Å². The van der Waals surface area contributed by atoms with Crippen LogP contribution in [0.4, 0.5) is 4.79 Å². The summed E-state index contributed by atoms with van der Waals surface area (Å²) in [5.74, 6) is -3.99. The number of amides is 1. The van der Waals surface area contributed by atoms with Crippen molar-refractivity contribution in [2.75, 3.05) is 21.2 Å². The molecule has 1 aliphatic carbocycles. The number of ether oxygens (including phenoxy) is 5. The first kappa shape index (κ1) is 45.8. The van der Waals surface area contributed by atoms with E-state index in [1.54, 1.807) is 45.2 Å². The van der Waals surface area contributed by atoms with Crippen LogP contribution in [0, 0.1) is 29.6 Å². The number of pyridine rings is 2. The molecule has 1 amide bonds. The van der Waals surface area contributed by atoms with Gasteiger partial charge >= 0.3 is 12.1 Å². The molecule has 2 aromatic heterocycles. The van der Waals surface area contributed by atoms with E-state index in [0.717, 1.165) is 48.6 Å². The molecule has 3 saturated heterocycles. The zero-order valence-corrected chi connectivity index (χ0v) is 37.5. The number of aromatic hydroxyl groups is 1. The van der Waals surface area contributed by atoms with E-state index in [1.165, 1.54) is 6.20 Å². The molecular weight excluding hydrogens is 769 g/mol. The van der Waals surface area contributed by atoms with Crippen LogP contribution in [0.5, 0.6) is 5.75 Å². The molecule has 0 spiro atoms. The number of fused-ring (bicyclic) bond motifs is 2. The maximum Gasteiger partial charge on any atom is 0.411 e. The highest BCUT2D eigenvalue weighted by atomic mass is 16.7. The number of methoxy groups -OCH3 is 1. The lowest BCUT2D eigenvalue weighted by atomic mass is 9.71. The van der Waals surface area contributed by atoms with Crippen molar-refractivity contribution in [3.8, 4) is 5.75 Å². The maximum absolute atomic E-state index is 14.8. The molecule has 14 nitrogen and oxygen atoms in total. The number of nitrogens with zero attached hydrogens (tertiary/aromatic N) is 4. The summed E-state index contributed by atoms with van der Waals surface area (Å²) < 4.78 is 31.8. The van der Waals surface area contributed by atoms with Gasteiger partial charge in [-0.1, -0.05) is 27.7 Å². The highest BCUT2D eigenvalue weighted by molar-refractivity contribution is 6.00. The minimum Gasteiger partial charge on any atom is -0.506 e. The summed E-state index contributed by atoms with van der Waals surface area (Å²) in [5.41, 5.74) is -0.912. The van der Waals surface area contributed by atoms with E-state index in [1.807, 2.05) is 54.8 Å². The summed E-state index contributed by atoms with van der Waals surface area (Å²) in [6.07, 6.45) is 7.56. The Balaban J connectivity index is 1.25. The molecule has 0 radical (unpaired) electrons. The standard InChI is InChI=1S/C46H68N4O10/c1-12-37-46(8)41(50(44(55)60-46)32-19-30(20-32)14-13-15-33-34-23-47-17-16-35(34)48-24-36(33)51)27(4)39(52)25(2)22-45(7,56-11)42(28(5)40(53)29(6)43(54)58-37)59-38-21-31(49(9)10)18-26(3)57-38/h16-17,23-32,37-38,41-42,51H,12-15,18-22H2,1-11H3/t25-,26-,27+,28+,29-,30?,31+,32?,37-,38+,41-,42-,45-,46-/m1/s1. The number of hydrogen-bond donors (Lipinski definition) is 1. The van der Waals surface area contributed by atoms with Crippen molar-refractivity contribution in [3.05, 3.63) is 30.2 Å². The van der Waals surface area contributed by atoms with Gasteiger partial charge in [0.1, 0.15) is 23.6 Å². The molecule has 5 heterocycles. The molecule has 1 saturated carbocycles. The number of cyclic esters (lactones) is 1. The monoisotopic (exact) mass is 836 g/mol. The number of carbonyl (C=O) groups excluding carboxylic acids is 4. The molecule has 332 valence electrons. The fourth-order valence-corrected chi connectivity index (χ4v) is 10.8. The molecule has 3 aliphatic heterocycles. The first-order valence-corrected chi connectivity index (χ1v) is 22.1. The van der Waals surface area contributed by atoms with E-state index in [4.69, 9.17) is 23.7 Å². The van der Waals surface area contributed by atoms with Gasteiger partial charge in [0.05, 0.1) is 35.6 Å². The fraction of sp³-hybridized carbons (Fsp3) is 0.739. The van der Waals surface area contributed by atoms with Gasteiger partial charge in [0.2, 0.25) is 0 Å². The first-order valence-electron chi connectivity index (χ1n) is 22.1.